The molecule has 0 aliphatic carbocycles. The summed E-state index contributed by atoms with van der Waals surface area (Å²) in [6, 6.07) is 7.67. The normalized spacial score (nSPS) is 11.0. The molecule has 21 heavy (non-hydrogen) atoms. The molecule has 0 fully saturated rings. The Bertz CT molecular complexity index is 573. The number of carboxylic acid groups (broad SMARTS) is 1. The van der Waals surface area contributed by atoms with Gasteiger partial charge < -0.3 is 15.2 Å². The Kier molecular flexibility index (Phi) is 6.79. The first-order chi connectivity index (χ1) is 9.92. The number of aliphatic carboxylic acids is 1. The van der Waals surface area contributed by atoms with E-state index in [1.54, 1.807) is 18.2 Å². The molecule has 0 saturated heterocycles. The maximum atomic E-state index is 11.8. The molecule has 0 unspecified atom stereocenters. The van der Waals surface area contributed by atoms with Crippen LogP contribution in [0.25, 0.3) is 0 Å². The molecule has 1 rings (SSSR count). The zero-order valence-corrected chi connectivity index (χ0v) is 11.9. The minimum Gasteiger partial charge on any atom is -0.480 e. The van der Waals surface area contributed by atoms with Gasteiger partial charge in [0, 0.05) is 6.54 Å². The first-order valence-corrected chi connectivity index (χ1v) is 7.51. The molecule has 0 saturated carbocycles. The minimum atomic E-state index is -3.72. The second-order valence-electron chi connectivity index (χ2n) is 3.93. The van der Waals surface area contributed by atoms with Gasteiger partial charge in [-0.15, -0.1) is 0 Å². The Labute approximate surface area is 122 Å². The van der Waals surface area contributed by atoms with Crippen molar-refractivity contribution in [2.75, 3.05) is 26.3 Å². The highest BCUT2D eigenvalue weighted by Gasteiger charge is 2.14. The average molecular weight is 316 g/mol. The van der Waals surface area contributed by atoms with Crippen molar-refractivity contribution in [1.82, 2.24) is 10.0 Å². The van der Waals surface area contributed by atoms with E-state index in [4.69, 9.17) is 9.84 Å². The number of carboxylic acids is 1. The molecule has 0 aliphatic heterocycles. The van der Waals surface area contributed by atoms with Crippen LogP contribution in [0.15, 0.2) is 35.2 Å². The molecule has 116 valence electrons. The minimum absolute atomic E-state index is 0.0312. The fraction of sp³-hybridized carbons (Fsp3) is 0.333. The zero-order valence-electron chi connectivity index (χ0n) is 11.1. The summed E-state index contributed by atoms with van der Waals surface area (Å²) in [5.41, 5.74) is 0. The Hall–Kier alpha value is -1.97. The second kappa shape index (κ2) is 8.35. The molecule has 0 heterocycles. The monoisotopic (exact) mass is 316 g/mol. The van der Waals surface area contributed by atoms with Gasteiger partial charge in [0.25, 0.3) is 0 Å². The largest absolute Gasteiger partial charge is 0.480 e. The number of amides is 1. The van der Waals surface area contributed by atoms with E-state index in [1.807, 2.05) is 0 Å². The summed E-state index contributed by atoms with van der Waals surface area (Å²) >= 11 is 0. The van der Waals surface area contributed by atoms with Gasteiger partial charge in [0.15, 0.2) is 0 Å². The predicted molar refractivity (Wildman–Crippen MR) is 73.1 cm³/mol. The second-order valence-corrected chi connectivity index (χ2v) is 5.70. The molecule has 0 aliphatic rings. The van der Waals surface area contributed by atoms with Crippen molar-refractivity contribution in [2.24, 2.45) is 0 Å². The van der Waals surface area contributed by atoms with Gasteiger partial charge in [0.05, 0.1) is 18.0 Å². The van der Waals surface area contributed by atoms with Crippen LogP contribution in [0.2, 0.25) is 0 Å². The first kappa shape index (κ1) is 17.1. The molecule has 0 bridgehead atoms. The van der Waals surface area contributed by atoms with E-state index < -0.39 is 35.1 Å². The number of ether oxygens (including phenoxy) is 1. The molecule has 0 aromatic heterocycles. The lowest BCUT2D eigenvalue weighted by atomic mass is 10.4. The average Bonchev–Trinajstić information content (AvgIpc) is 2.45. The maximum absolute atomic E-state index is 11.8. The first-order valence-electron chi connectivity index (χ1n) is 6.03. The van der Waals surface area contributed by atoms with E-state index in [2.05, 4.69) is 10.0 Å². The standard InChI is InChI=1S/C12H16N2O6S/c15-11(13-6-7-20-9-12(16)17)8-14-21(18,19)10-4-2-1-3-5-10/h1-5,14H,6-9H2,(H,13,15)(H,16,17). The smallest absolute Gasteiger partial charge is 0.329 e. The lowest BCUT2D eigenvalue weighted by Crippen LogP contribution is -2.38. The number of rotatable bonds is 9. The lowest BCUT2D eigenvalue weighted by molar-refractivity contribution is -0.142. The van der Waals surface area contributed by atoms with Crippen molar-refractivity contribution in [3.05, 3.63) is 30.3 Å². The molecule has 3 N–H and O–H groups in total. The molecular formula is C12H16N2O6S. The van der Waals surface area contributed by atoms with Gasteiger partial charge in [-0.05, 0) is 12.1 Å². The summed E-state index contributed by atoms with van der Waals surface area (Å²) in [6.45, 7) is -0.727. The van der Waals surface area contributed by atoms with Gasteiger partial charge in [0.2, 0.25) is 15.9 Å². The van der Waals surface area contributed by atoms with Crippen molar-refractivity contribution < 1.29 is 27.9 Å². The highest BCUT2D eigenvalue weighted by atomic mass is 32.2. The van der Waals surface area contributed by atoms with Crippen LogP contribution in [0.3, 0.4) is 0 Å². The molecule has 1 amide bonds. The highest BCUT2D eigenvalue weighted by Crippen LogP contribution is 2.06. The predicted octanol–water partition coefficient (Wildman–Crippen LogP) is -0.818. The maximum Gasteiger partial charge on any atom is 0.329 e. The van der Waals surface area contributed by atoms with Crippen molar-refractivity contribution in [3.63, 3.8) is 0 Å². The van der Waals surface area contributed by atoms with Crippen LogP contribution in [-0.2, 0) is 24.3 Å². The zero-order chi connectivity index (χ0) is 15.7. The van der Waals surface area contributed by atoms with Gasteiger partial charge in [-0.3, -0.25) is 4.79 Å². The number of hydrogen-bond donors (Lipinski definition) is 3. The Morgan fingerprint density at radius 1 is 1.19 bits per heavy atom. The fourth-order valence-corrected chi connectivity index (χ4v) is 2.33. The van der Waals surface area contributed by atoms with Crippen LogP contribution in [0.4, 0.5) is 0 Å². The molecule has 1 aromatic rings. The fourth-order valence-electron chi connectivity index (χ4n) is 1.33. The Morgan fingerprint density at radius 2 is 1.86 bits per heavy atom. The van der Waals surface area contributed by atoms with E-state index in [9.17, 15) is 18.0 Å². The molecule has 9 heteroatoms. The van der Waals surface area contributed by atoms with E-state index in [-0.39, 0.29) is 18.0 Å². The van der Waals surface area contributed by atoms with Gasteiger partial charge in [-0.1, -0.05) is 18.2 Å². The number of carbonyl (C=O) groups is 2. The number of carbonyl (C=O) groups excluding carboxylic acids is 1. The summed E-state index contributed by atoms with van der Waals surface area (Å²) < 4.78 is 30.5. The van der Waals surface area contributed by atoms with Crippen LogP contribution in [0, 0.1) is 0 Å². The summed E-state index contributed by atoms with van der Waals surface area (Å²) in [4.78, 5) is 21.6. The topological polar surface area (TPSA) is 122 Å². The van der Waals surface area contributed by atoms with Gasteiger partial charge >= 0.3 is 5.97 Å². The lowest BCUT2D eigenvalue weighted by Gasteiger charge is -2.07. The molecule has 0 spiro atoms. The number of nitrogens with one attached hydrogen (secondary N) is 2. The van der Waals surface area contributed by atoms with Crippen molar-refractivity contribution >= 4 is 21.9 Å². The quantitative estimate of drug-likeness (QED) is 0.512. The van der Waals surface area contributed by atoms with E-state index in [0.717, 1.165) is 0 Å². The highest BCUT2D eigenvalue weighted by molar-refractivity contribution is 7.89. The van der Waals surface area contributed by atoms with Gasteiger partial charge in [0.1, 0.15) is 6.61 Å². The molecule has 1 aromatic carbocycles. The van der Waals surface area contributed by atoms with Crippen LogP contribution in [-0.4, -0.2) is 51.7 Å². The van der Waals surface area contributed by atoms with Crippen molar-refractivity contribution in [1.29, 1.82) is 0 Å². The van der Waals surface area contributed by atoms with Crippen LogP contribution >= 0.6 is 0 Å². The number of benzene rings is 1. The Morgan fingerprint density at radius 3 is 2.48 bits per heavy atom. The van der Waals surface area contributed by atoms with E-state index >= 15 is 0 Å². The summed E-state index contributed by atoms with van der Waals surface area (Å²) in [5, 5.41) is 10.7. The van der Waals surface area contributed by atoms with Crippen molar-refractivity contribution in [2.45, 2.75) is 4.90 Å². The summed E-state index contributed by atoms with van der Waals surface area (Å²) in [5.74, 6) is -1.63. The van der Waals surface area contributed by atoms with Crippen LogP contribution < -0.4 is 10.0 Å². The number of sulfonamides is 1. The third-order valence-electron chi connectivity index (χ3n) is 2.27. The van der Waals surface area contributed by atoms with E-state index in [0.29, 0.717) is 0 Å². The summed E-state index contributed by atoms with van der Waals surface area (Å²) in [6.07, 6.45) is 0. The van der Waals surface area contributed by atoms with Crippen LogP contribution in [0.5, 0.6) is 0 Å². The molecule has 0 radical (unpaired) electrons. The van der Waals surface area contributed by atoms with Gasteiger partial charge in [-0.2, -0.15) is 0 Å². The third kappa shape index (κ3) is 6.84. The van der Waals surface area contributed by atoms with Crippen molar-refractivity contribution in [3.8, 4) is 0 Å². The third-order valence-corrected chi connectivity index (χ3v) is 3.69. The molecule has 8 nitrogen and oxygen atoms in total. The SMILES string of the molecule is O=C(O)COCCNC(=O)CNS(=O)(=O)c1ccccc1. The Balaban J connectivity index is 2.28. The summed E-state index contributed by atoms with van der Waals surface area (Å²) in [7, 11) is -3.72. The number of hydrogen-bond acceptors (Lipinski definition) is 5. The van der Waals surface area contributed by atoms with Gasteiger partial charge in [-0.25, -0.2) is 17.9 Å². The van der Waals surface area contributed by atoms with Crippen LogP contribution in [0.1, 0.15) is 0 Å². The van der Waals surface area contributed by atoms with E-state index in [1.165, 1.54) is 12.1 Å². The molecule has 0 atom stereocenters. The molecular weight excluding hydrogens is 300 g/mol.